The lowest BCUT2D eigenvalue weighted by molar-refractivity contribution is 0.0458. The molecule has 1 saturated heterocycles. The molecule has 0 spiro atoms. The van der Waals surface area contributed by atoms with Gasteiger partial charge < -0.3 is 4.74 Å². The lowest BCUT2D eigenvalue weighted by Gasteiger charge is -2.39. The van der Waals surface area contributed by atoms with E-state index in [0.29, 0.717) is 15.8 Å². The Morgan fingerprint density at radius 2 is 1.90 bits per heavy atom. The van der Waals surface area contributed by atoms with Crippen LogP contribution < -0.4 is 4.74 Å². The Bertz CT molecular complexity index is 1040. The van der Waals surface area contributed by atoms with Crippen LogP contribution in [-0.4, -0.2) is 38.7 Å². The summed E-state index contributed by atoms with van der Waals surface area (Å²) in [5.74, 6) is 1.37. The third-order valence-corrected chi connectivity index (χ3v) is 8.18. The summed E-state index contributed by atoms with van der Waals surface area (Å²) in [6.07, 6.45) is 6.78. The van der Waals surface area contributed by atoms with Crippen LogP contribution in [0.4, 0.5) is 0 Å². The molecule has 4 nitrogen and oxygen atoms in total. The lowest BCUT2D eigenvalue weighted by atomic mass is 9.92. The van der Waals surface area contributed by atoms with E-state index in [1.54, 1.807) is 30.3 Å². The first kappa shape index (κ1) is 22.9. The fourth-order valence-corrected chi connectivity index (χ4v) is 6.25. The van der Waals surface area contributed by atoms with E-state index in [1.807, 2.05) is 6.07 Å². The predicted molar refractivity (Wildman–Crippen MR) is 126 cm³/mol. The molecule has 1 unspecified atom stereocenters. The maximum Gasteiger partial charge on any atom is 0.175 e. The van der Waals surface area contributed by atoms with Crippen molar-refractivity contribution in [3.05, 3.63) is 57.6 Å². The van der Waals surface area contributed by atoms with Crippen LogP contribution in [0.15, 0.2) is 41.3 Å². The first-order valence-electron chi connectivity index (χ1n) is 10.9. The third kappa shape index (κ3) is 5.05. The number of piperidine rings is 1. The molecule has 2 aromatic rings. The summed E-state index contributed by atoms with van der Waals surface area (Å²) in [5, 5.41) is 1.29. The van der Waals surface area contributed by atoms with Gasteiger partial charge in [0.05, 0.1) is 10.9 Å². The Labute approximate surface area is 195 Å². The van der Waals surface area contributed by atoms with Crippen LogP contribution in [-0.2, 0) is 16.3 Å². The van der Waals surface area contributed by atoms with E-state index in [0.717, 1.165) is 36.6 Å². The molecule has 7 heteroatoms. The zero-order valence-corrected chi connectivity index (χ0v) is 20.3. The quantitative estimate of drug-likeness (QED) is 0.510. The normalized spacial score (nSPS) is 24.2. The summed E-state index contributed by atoms with van der Waals surface area (Å²) < 4.78 is 30.1. The highest BCUT2D eigenvalue weighted by molar-refractivity contribution is 7.90. The Balaban J connectivity index is 1.64. The SMILES string of the molecule is CCCC1CCCN([C@H]2Cc3c(Cl)cc(Cl)cc3[C@@H]2Oc2ccc(S(C)(=O)=O)cc2)C1. The fraction of sp³-hybridized carbons (Fsp3) is 0.500. The van der Waals surface area contributed by atoms with Gasteiger partial charge in [0, 0.05) is 28.4 Å². The van der Waals surface area contributed by atoms with Gasteiger partial charge in [-0.15, -0.1) is 0 Å². The number of ether oxygens (including phenoxy) is 1. The molecule has 4 rings (SSSR count). The summed E-state index contributed by atoms with van der Waals surface area (Å²) in [6.45, 7) is 4.38. The topological polar surface area (TPSA) is 46.6 Å². The first-order chi connectivity index (χ1) is 14.8. The average molecular weight is 482 g/mol. The molecule has 2 aromatic carbocycles. The molecule has 0 radical (unpaired) electrons. The Morgan fingerprint density at radius 1 is 1.16 bits per heavy atom. The van der Waals surface area contributed by atoms with Crippen LogP contribution in [0.25, 0.3) is 0 Å². The maximum atomic E-state index is 11.8. The van der Waals surface area contributed by atoms with Crippen molar-refractivity contribution in [2.24, 2.45) is 5.92 Å². The van der Waals surface area contributed by atoms with E-state index in [4.69, 9.17) is 27.9 Å². The van der Waals surface area contributed by atoms with Crippen molar-refractivity contribution in [2.75, 3.05) is 19.3 Å². The minimum atomic E-state index is -3.24. The van der Waals surface area contributed by atoms with Gasteiger partial charge in [-0.25, -0.2) is 8.42 Å². The minimum Gasteiger partial charge on any atom is -0.484 e. The van der Waals surface area contributed by atoms with Crippen LogP contribution in [0.2, 0.25) is 10.0 Å². The number of sulfone groups is 1. The zero-order valence-electron chi connectivity index (χ0n) is 18.0. The van der Waals surface area contributed by atoms with Crippen molar-refractivity contribution in [3.63, 3.8) is 0 Å². The molecule has 168 valence electrons. The van der Waals surface area contributed by atoms with Crippen molar-refractivity contribution < 1.29 is 13.2 Å². The summed E-state index contributed by atoms with van der Waals surface area (Å²) in [6, 6.07) is 10.6. The second-order valence-electron chi connectivity index (χ2n) is 8.80. The van der Waals surface area contributed by atoms with Crippen LogP contribution in [0.1, 0.15) is 49.8 Å². The van der Waals surface area contributed by atoms with Crippen molar-refractivity contribution in [1.29, 1.82) is 0 Å². The van der Waals surface area contributed by atoms with Gasteiger partial charge in [-0.3, -0.25) is 4.90 Å². The molecule has 0 aromatic heterocycles. The minimum absolute atomic E-state index is 0.181. The summed E-state index contributed by atoms with van der Waals surface area (Å²) >= 11 is 12.9. The number of benzene rings is 2. The van der Waals surface area contributed by atoms with E-state index in [1.165, 1.54) is 31.9 Å². The summed E-state index contributed by atoms with van der Waals surface area (Å²) in [7, 11) is -3.24. The van der Waals surface area contributed by atoms with Crippen LogP contribution in [0.3, 0.4) is 0 Å². The largest absolute Gasteiger partial charge is 0.484 e. The van der Waals surface area contributed by atoms with Gasteiger partial charge in [0.1, 0.15) is 11.9 Å². The lowest BCUT2D eigenvalue weighted by Crippen LogP contribution is -2.45. The molecule has 0 saturated carbocycles. The van der Waals surface area contributed by atoms with Gasteiger partial charge in [-0.2, -0.15) is 0 Å². The molecule has 2 aliphatic rings. The molecular weight excluding hydrogens is 453 g/mol. The van der Waals surface area contributed by atoms with Gasteiger partial charge in [-0.05, 0) is 80.1 Å². The van der Waals surface area contributed by atoms with Crippen molar-refractivity contribution in [2.45, 2.75) is 56.1 Å². The second-order valence-corrected chi connectivity index (χ2v) is 11.7. The highest BCUT2D eigenvalue weighted by Crippen LogP contribution is 2.43. The van der Waals surface area contributed by atoms with Crippen LogP contribution >= 0.6 is 23.2 Å². The number of hydrogen-bond acceptors (Lipinski definition) is 4. The standard InChI is InChI=1S/C24H29Cl2NO3S/c1-3-5-16-6-4-11-27(15-16)23-14-20-21(12-17(25)13-22(20)26)24(23)30-18-7-9-19(10-8-18)31(2,28)29/h7-10,12-13,16,23-24H,3-6,11,14-15H2,1-2H3/t16?,23-,24-/m0/s1. The zero-order chi connectivity index (χ0) is 22.2. The Kier molecular flexibility index (Phi) is 6.87. The highest BCUT2D eigenvalue weighted by atomic mass is 35.5. The molecule has 0 amide bonds. The molecule has 1 heterocycles. The number of hydrogen-bond donors (Lipinski definition) is 0. The van der Waals surface area contributed by atoms with Gasteiger partial charge in [-0.1, -0.05) is 36.5 Å². The van der Waals surface area contributed by atoms with Gasteiger partial charge in [0.25, 0.3) is 0 Å². The van der Waals surface area contributed by atoms with Crippen LogP contribution in [0, 0.1) is 5.92 Å². The van der Waals surface area contributed by atoms with E-state index in [2.05, 4.69) is 11.8 Å². The van der Waals surface area contributed by atoms with Crippen LogP contribution in [0.5, 0.6) is 5.75 Å². The predicted octanol–water partition coefficient (Wildman–Crippen LogP) is 5.95. The van der Waals surface area contributed by atoms with E-state index >= 15 is 0 Å². The fourth-order valence-electron chi connectivity index (χ4n) is 5.03. The summed E-state index contributed by atoms with van der Waals surface area (Å²) in [5.41, 5.74) is 2.14. The Hall–Kier alpha value is -1.27. The number of nitrogens with zero attached hydrogens (tertiary/aromatic N) is 1. The van der Waals surface area contributed by atoms with Gasteiger partial charge in [0.2, 0.25) is 0 Å². The van der Waals surface area contributed by atoms with Crippen molar-refractivity contribution in [3.8, 4) is 5.75 Å². The number of rotatable bonds is 6. The number of halogens is 2. The second kappa shape index (κ2) is 9.30. The van der Waals surface area contributed by atoms with Crippen molar-refractivity contribution in [1.82, 2.24) is 4.90 Å². The van der Waals surface area contributed by atoms with Gasteiger partial charge >= 0.3 is 0 Å². The number of fused-ring (bicyclic) bond motifs is 1. The Morgan fingerprint density at radius 3 is 2.58 bits per heavy atom. The van der Waals surface area contributed by atoms with E-state index in [9.17, 15) is 8.42 Å². The smallest absolute Gasteiger partial charge is 0.175 e. The maximum absolute atomic E-state index is 11.8. The average Bonchev–Trinajstić information content (AvgIpc) is 3.07. The van der Waals surface area contributed by atoms with Crippen molar-refractivity contribution >= 4 is 33.0 Å². The molecule has 1 aliphatic heterocycles. The van der Waals surface area contributed by atoms with E-state index in [-0.39, 0.29) is 17.0 Å². The number of likely N-dealkylation sites (tertiary alicyclic amines) is 1. The molecule has 3 atom stereocenters. The molecule has 0 N–H and O–H groups in total. The van der Waals surface area contributed by atoms with E-state index < -0.39 is 9.84 Å². The molecule has 0 bridgehead atoms. The summed E-state index contributed by atoms with van der Waals surface area (Å²) in [4.78, 5) is 2.84. The first-order valence-corrected chi connectivity index (χ1v) is 13.6. The third-order valence-electron chi connectivity index (χ3n) is 6.50. The molecule has 1 fully saturated rings. The molecule has 1 aliphatic carbocycles. The molecular formula is C24H29Cl2NO3S. The highest BCUT2D eigenvalue weighted by Gasteiger charge is 2.40. The molecule has 31 heavy (non-hydrogen) atoms. The van der Waals surface area contributed by atoms with Gasteiger partial charge in [0.15, 0.2) is 9.84 Å². The monoisotopic (exact) mass is 481 g/mol.